The smallest absolute Gasteiger partial charge is 0.246 e. The topological polar surface area (TPSA) is 67.2 Å². The van der Waals surface area contributed by atoms with E-state index >= 15 is 0 Å². The van der Waals surface area contributed by atoms with Crippen LogP contribution in [0.25, 0.3) is 11.4 Å². The van der Waals surface area contributed by atoms with E-state index in [0.29, 0.717) is 11.9 Å². The van der Waals surface area contributed by atoms with E-state index in [0.717, 1.165) is 24.9 Å². The Morgan fingerprint density at radius 1 is 1.03 bits per heavy atom. The minimum absolute atomic E-state index is 0.0535. The Morgan fingerprint density at radius 3 is 2.45 bits per heavy atom. The van der Waals surface area contributed by atoms with Crippen molar-refractivity contribution in [2.24, 2.45) is 0 Å². The minimum atomic E-state index is 0.0535. The van der Waals surface area contributed by atoms with Gasteiger partial charge in [-0.1, -0.05) is 49.9 Å². The monoisotopic (exact) mass is 396 g/mol. The molecule has 0 spiro atoms. The van der Waals surface area contributed by atoms with Crippen molar-refractivity contribution < 1.29 is 4.79 Å². The first-order valence-corrected chi connectivity index (χ1v) is 11.0. The van der Waals surface area contributed by atoms with E-state index < -0.39 is 0 Å². The van der Waals surface area contributed by atoms with Crippen molar-refractivity contribution in [2.75, 3.05) is 20.1 Å². The third-order valence-electron chi connectivity index (χ3n) is 6.31. The number of carbonyl (C=O) groups is 1. The van der Waals surface area contributed by atoms with Crippen LogP contribution < -0.4 is 0 Å². The second kappa shape index (κ2) is 9.48. The number of carbonyl (C=O) groups excluding carboxylic acids is 1. The van der Waals surface area contributed by atoms with Crippen molar-refractivity contribution >= 4 is 5.91 Å². The molecule has 0 radical (unpaired) electrons. The first-order chi connectivity index (χ1) is 14.2. The van der Waals surface area contributed by atoms with Crippen molar-refractivity contribution in [3.05, 3.63) is 29.8 Å². The summed E-state index contributed by atoms with van der Waals surface area (Å²) in [6, 6.07) is 8.75. The summed E-state index contributed by atoms with van der Waals surface area (Å²) in [5.74, 6) is 0.625. The van der Waals surface area contributed by atoms with Crippen molar-refractivity contribution in [3.63, 3.8) is 0 Å². The molecule has 0 unspecified atom stereocenters. The third kappa shape index (κ3) is 5.21. The summed E-state index contributed by atoms with van der Waals surface area (Å²) in [5.41, 5.74) is 2.25. The van der Waals surface area contributed by atoms with Crippen molar-refractivity contribution in [1.82, 2.24) is 30.0 Å². The number of aromatic nitrogens is 4. The second-order valence-electron chi connectivity index (χ2n) is 8.47. The number of likely N-dealkylation sites (tertiary alicyclic amines) is 1. The lowest BCUT2D eigenvalue weighted by Crippen LogP contribution is -2.40. The molecule has 2 aromatic rings. The summed E-state index contributed by atoms with van der Waals surface area (Å²) in [6.07, 6.45) is 9.87. The highest BCUT2D eigenvalue weighted by molar-refractivity contribution is 5.75. The summed E-state index contributed by atoms with van der Waals surface area (Å²) in [6.45, 7) is 3.54. The molecule has 1 aromatic heterocycles. The lowest BCUT2D eigenvalue weighted by Gasteiger charge is -2.31. The number of amides is 1. The first kappa shape index (κ1) is 20.0. The lowest BCUT2D eigenvalue weighted by atomic mass is 9.94. The van der Waals surface area contributed by atoms with Crippen LogP contribution in [-0.2, 0) is 17.9 Å². The Labute approximate surface area is 173 Å². The summed E-state index contributed by atoms with van der Waals surface area (Å²) in [5, 5.41) is 12.7. The molecule has 7 heteroatoms. The maximum atomic E-state index is 12.6. The highest BCUT2D eigenvalue weighted by Gasteiger charge is 2.23. The molecule has 1 saturated carbocycles. The Hall–Kier alpha value is -2.28. The van der Waals surface area contributed by atoms with Gasteiger partial charge in [-0.2, -0.15) is 4.80 Å². The fourth-order valence-electron chi connectivity index (χ4n) is 4.47. The fourth-order valence-corrected chi connectivity index (χ4v) is 4.47. The van der Waals surface area contributed by atoms with Gasteiger partial charge >= 0.3 is 0 Å². The average Bonchev–Trinajstić information content (AvgIpc) is 3.23. The van der Waals surface area contributed by atoms with Crippen LogP contribution in [-0.4, -0.2) is 62.1 Å². The van der Waals surface area contributed by atoms with Crippen molar-refractivity contribution in [3.8, 4) is 11.4 Å². The second-order valence-corrected chi connectivity index (χ2v) is 8.47. The number of benzene rings is 1. The fraction of sp³-hybridized carbons (Fsp3) is 0.636. The molecule has 1 amide bonds. The molecule has 0 N–H and O–H groups in total. The summed E-state index contributed by atoms with van der Waals surface area (Å²) in [4.78, 5) is 18.4. The molecule has 29 heavy (non-hydrogen) atoms. The van der Waals surface area contributed by atoms with Gasteiger partial charge < -0.3 is 4.90 Å². The maximum Gasteiger partial charge on any atom is 0.246 e. The van der Waals surface area contributed by atoms with Crippen LogP contribution in [0.5, 0.6) is 0 Å². The van der Waals surface area contributed by atoms with Crippen LogP contribution >= 0.6 is 0 Å². The zero-order chi connectivity index (χ0) is 20.1. The number of nitrogens with zero attached hydrogens (tertiary/aromatic N) is 6. The number of hydrogen-bond donors (Lipinski definition) is 0. The van der Waals surface area contributed by atoms with Gasteiger partial charge in [0.1, 0.15) is 6.54 Å². The molecule has 0 bridgehead atoms. The predicted molar refractivity (Wildman–Crippen MR) is 112 cm³/mol. The van der Waals surface area contributed by atoms with Crippen LogP contribution in [0.3, 0.4) is 0 Å². The van der Waals surface area contributed by atoms with E-state index in [1.165, 1.54) is 62.0 Å². The number of hydrogen-bond acceptors (Lipinski definition) is 5. The van der Waals surface area contributed by atoms with Crippen LogP contribution in [0.1, 0.15) is 56.9 Å². The predicted octanol–water partition coefficient (Wildman–Crippen LogP) is 3.12. The molecule has 2 aliphatic rings. The van der Waals surface area contributed by atoms with Gasteiger partial charge in [-0.3, -0.25) is 9.69 Å². The van der Waals surface area contributed by atoms with E-state index in [4.69, 9.17) is 0 Å². The zero-order valence-corrected chi connectivity index (χ0v) is 17.5. The first-order valence-electron chi connectivity index (χ1n) is 11.0. The number of piperidine rings is 1. The van der Waals surface area contributed by atoms with E-state index in [2.05, 4.69) is 44.6 Å². The third-order valence-corrected chi connectivity index (χ3v) is 6.31. The molecule has 1 aliphatic heterocycles. The van der Waals surface area contributed by atoms with Crippen LogP contribution in [0.2, 0.25) is 0 Å². The van der Waals surface area contributed by atoms with Gasteiger partial charge in [-0.15, -0.1) is 10.2 Å². The quantitative estimate of drug-likeness (QED) is 0.750. The molecule has 7 nitrogen and oxygen atoms in total. The normalized spacial score (nSPS) is 18.7. The zero-order valence-electron chi connectivity index (χ0n) is 17.5. The van der Waals surface area contributed by atoms with Gasteiger partial charge in [0, 0.05) is 25.2 Å². The van der Waals surface area contributed by atoms with E-state index in [1.54, 1.807) is 0 Å². The molecule has 0 atom stereocenters. The van der Waals surface area contributed by atoms with Gasteiger partial charge in [0.05, 0.1) is 0 Å². The SMILES string of the molecule is CN(C(=O)Cn1nnc(-c2ccc(CN3CCCCC3)cc2)n1)C1CCCCC1. The maximum absolute atomic E-state index is 12.6. The minimum Gasteiger partial charge on any atom is -0.341 e. The Morgan fingerprint density at radius 2 is 1.72 bits per heavy atom. The molecule has 156 valence electrons. The van der Waals surface area contributed by atoms with Gasteiger partial charge in [0.25, 0.3) is 0 Å². The number of rotatable bonds is 6. The van der Waals surface area contributed by atoms with Crippen LogP contribution in [0.15, 0.2) is 24.3 Å². The van der Waals surface area contributed by atoms with Gasteiger partial charge in [0.2, 0.25) is 11.7 Å². The lowest BCUT2D eigenvalue weighted by molar-refractivity contribution is -0.133. The van der Waals surface area contributed by atoms with Crippen molar-refractivity contribution in [1.29, 1.82) is 0 Å². The molecule has 1 aromatic carbocycles. The van der Waals surface area contributed by atoms with E-state index in [-0.39, 0.29) is 12.5 Å². The standard InChI is InChI=1S/C22H32N6O/c1-26(20-8-4-2-5-9-20)21(29)17-28-24-22(23-25-28)19-12-10-18(11-13-19)16-27-14-6-3-7-15-27/h10-13,20H,2-9,14-17H2,1H3. The van der Waals surface area contributed by atoms with Gasteiger partial charge in [0.15, 0.2) is 0 Å². The highest BCUT2D eigenvalue weighted by atomic mass is 16.2. The van der Waals surface area contributed by atoms with Gasteiger partial charge in [-0.25, -0.2) is 0 Å². The molecular formula is C22H32N6O. The molecule has 1 aliphatic carbocycles. The molecule has 2 heterocycles. The highest BCUT2D eigenvalue weighted by Crippen LogP contribution is 2.22. The largest absolute Gasteiger partial charge is 0.341 e. The van der Waals surface area contributed by atoms with E-state index in [9.17, 15) is 4.79 Å². The summed E-state index contributed by atoms with van der Waals surface area (Å²) in [7, 11) is 1.90. The Kier molecular flexibility index (Phi) is 6.54. The molecule has 4 rings (SSSR count). The van der Waals surface area contributed by atoms with E-state index in [1.807, 2.05) is 11.9 Å². The average molecular weight is 397 g/mol. The molecule has 1 saturated heterocycles. The Balaban J connectivity index is 1.33. The molecule has 2 fully saturated rings. The number of tetrazole rings is 1. The summed E-state index contributed by atoms with van der Waals surface area (Å²) < 4.78 is 0. The van der Waals surface area contributed by atoms with Crippen molar-refractivity contribution in [2.45, 2.75) is 70.5 Å². The Bertz CT molecular complexity index is 790. The van der Waals surface area contributed by atoms with Crippen LogP contribution in [0, 0.1) is 0 Å². The summed E-state index contributed by atoms with van der Waals surface area (Å²) >= 11 is 0. The number of likely N-dealkylation sites (N-methyl/N-ethyl adjacent to an activating group) is 1. The molecular weight excluding hydrogens is 364 g/mol. The van der Waals surface area contributed by atoms with Crippen LogP contribution in [0.4, 0.5) is 0 Å². The van der Waals surface area contributed by atoms with Gasteiger partial charge in [-0.05, 0) is 49.5 Å².